The van der Waals surface area contributed by atoms with Crippen molar-refractivity contribution in [2.24, 2.45) is 7.05 Å². The molecule has 0 saturated carbocycles. The van der Waals surface area contributed by atoms with Crippen molar-refractivity contribution < 1.29 is 4.74 Å². The van der Waals surface area contributed by atoms with Crippen LogP contribution in [0, 0.1) is 0 Å². The van der Waals surface area contributed by atoms with Crippen molar-refractivity contribution in [3.63, 3.8) is 0 Å². The molecule has 168 valence electrons. The molecule has 33 heavy (non-hydrogen) atoms. The molecule has 0 amide bonds. The molecule has 1 aliphatic heterocycles. The highest BCUT2D eigenvalue weighted by atomic mass is 16.5. The predicted octanol–water partition coefficient (Wildman–Crippen LogP) is 3.81. The number of para-hydroxylation sites is 1. The summed E-state index contributed by atoms with van der Waals surface area (Å²) >= 11 is 0. The zero-order valence-electron chi connectivity index (χ0n) is 18.7. The van der Waals surface area contributed by atoms with Gasteiger partial charge in [-0.1, -0.05) is 30.4 Å². The lowest BCUT2D eigenvalue weighted by molar-refractivity contribution is 0.482. The van der Waals surface area contributed by atoms with Crippen LogP contribution in [0.3, 0.4) is 0 Å². The first kappa shape index (κ1) is 20.8. The summed E-state index contributed by atoms with van der Waals surface area (Å²) in [6.45, 7) is 7.27. The third kappa shape index (κ3) is 3.63. The molecular weight excluding hydrogens is 418 g/mol. The van der Waals surface area contributed by atoms with Crippen molar-refractivity contribution in [3.8, 4) is 11.5 Å². The molecule has 0 atom stereocenters. The SMILES string of the molecule is C=C(C)Cn1c(=O)c2c(nc3n2CCCN3c2ccc(Oc3ccccc3)cc2)n(C)c1=O. The summed E-state index contributed by atoms with van der Waals surface area (Å²) in [4.78, 5) is 32.8. The van der Waals surface area contributed by atoms with Gasteiger partial charge in [0.15, 0.2) is 11.2 Å². The smallest absolute Gasteiger partial charge is 0.332 e. The second kappa shape index (κ2) is 8.12. The standard InChI is InChI=1S/C25H25N5O3/c1-17(2)16-30-23(31)21-22(27(3)25(30)32)26-24-28(14-7-15-29(21)24)18-10-12-20(13-11-18)33-19-8-5-4-6-9-19/h4-6,8-13H,1,7,14-16H2,2-3H3. The van der Waals surface area contributed by atoms with E-state index in [4.69, 9.17) is 9.72 Å². The summed E-state index contributed by atoms with van der Waals surface area (Å²) < 4.78 is 10.5. The van der Waals surface area contributed by atoms with E-state index >= 15 is 0 Å². The quantitative estimate of drug-likeness (QED) is 0.439. The molecule has 8 nitrogen and oxygen atoms in total. The molecule has 2 aromatic carbocycles. The van der Waals surface area contributed by atoms with Gasteiger partial charge in [0.25, 0.3) is 5.56 Å². The molecule has 0 unspecified atom stereocenters. The Balaban J connectivity index is 1.56. The third-order valence-corrected chi connectivity index (χ3v) is 5.77. The average molecular weight is 444 g/mol. The molecule has 1 aliphatic rings. The van der Waals surface area contributed by atoms with Crippen LogP contribution in [-0.4, -0.2) is 25.2 Å². The molecule has 5 rings (SSSR count). The Morgan fingerprint density at radius 3 is 2.42 bits per heavy atom. The van der Waals surface area contributed by atoms with Crippen LogP contribution in [0.1, 0.15) is 13.3 Å². The van der Waals surface area contributed by atoms with Crippen molar-refractivity contribution in [1.29, 1.82) is 0 Å². The summed E-state index contributed by atoms with van der Waals surface area (Å²) in [5, 5.41) is 0. The number of imidazole rings is 1. The molecule has 8 heteroatoms. The van der Waals surface area contributed by atoms with Gasteiger partial charge in [0.05, 0.1) is 6.54 Å². The molecule has 2 aromatic heterocycles. The number of hydrogen-bond donors (Lipinski definition) is 0. The molecule has 0 spiro atoms. The van der Waals surface area contributed by atoms with Crippen molar-refractivity contribution in [2.75, 3.05) is 11.4 Å². The molecule has 0 fully saturated rings. The number of hydrogen-bond acceptors (Lipinski definition) is 5. The number of ether oxygens (including phenoxy) is 1. The summed E-state index contributed by atoms with van der Waals surface area (Å²) in [5.74, 6) is 2.17. The molecule has 0 aliphatic carbocycles. The van der Waals surface area contributed by atoms with Crippen LogP contribution in [0.25, 0.3) is 11.2 Å². The zero-order valence-corrected chi connectivity index (χ0v) is 18.7. The van der Waals surface area contributed by atoms with E-state index in [-0.39, 0.29) is 17.8 Å². The summed E-state index contributed by atoms with van der Waals surface area (Å²) in [7, 11) is 1.65. The van der Waals surface area contributed by atoms with E-state index in [1.165, 1.54) is 9.13 Å². The molecule has 0 bridgehead atoms. The van der Waals surface area contributed by atoms with Crippen molar-refractivity contribution in [1.82, 2.24) is 18.7 Å². The Labute approximate surface area is 190 Å². The topological polar surface area (TPSA) is 74.3 Å². The number of rotatable bonds is 5. The highest BCUT2D eigenvalue weighted by Crippen LogP contribution is 2.32. The van der Waals surface area contributed by atoms with E-state index in [1.807, 2.05) is 59.2 Å². The molecule has 0 saturated heterocycles. The third-order valence-electron chi connectivity index (χ3n) is 5.77. The van der Waals surface area contributed by atoms with Gasteiger partial charge in [0.2, 0.25) is 5.95 Å². The van der Waals surface area contributed by atoms with Gasteiger partial charge >= 0.3 is 5.69 Å². The van der Waals surface area contributed by atoms with Crippen molar-refractivity contribution in [2.45, 2.75) is 26.4 Å². The predicted molar refractivity (Wildman–Crippen MR) is 129 cm³/mol. The maximum atomic E-state index is 13.2. The van der Waals surface area contributed by atoms with Gasteiger partial charge in [-0.3, -0.25) is 13.9 Å². The fourth-order valence-electron chi connectivity index (χ4n) is 4.24. The minimum atomic E-state index is -0.389. The maximum absolute atomic E-state index is 13.2. The van der Waals surface area contributed by atoms with Crippen molar-refractivity contribution in [3.05, 3.63) is 87.6 Å². The van der Waals surface area contributed by atoms with Gasteiger partial charge in [0.1, 0.15) is 11.5 Å². The van der Waals surface area contributed by atoms with E-state index in [0.717, 1.165) is 35.7 Å². The highest BCUT2D eigenvalue weighted by Gasteiger charge is 2.27. The number of benzene rings is 2. The summed E-state index contributed by atoms with van der Waals surface area (Å²) in [5.41, 5.74) is 1.81. The molecule has 4 aromatic rings. The van der Waals surface area contributed by atoms with Crippen molar-refractivity contribution >= 4 is 22.8 Å². The zero-order chi connectivity index (χ0) is 23.1. The van der Waals surface area contributed by atoms with Gasteiger partial charge in [-0.05, 0) is 49.7 Å². The Hall–Kier alpha value is -4.07. The first-order valence-corrected chi connectivity index (χ1v) is 10.9. The first-order chi connectivity index (χ1) is 15.9. The van der Waals surface area contributed by atoms with E-state index in [1.54, 1.807) is 14.0 Å². The monoisotopic (exact) mass is 443 g/mol. The second-order valence-electron chi connectivity index (χ2n) is 8.34. The van der Waals surface area contributed by atoms with Crippen LogP contribution < -0.4 is 20.9 Å². The van der Waals surface area contributed by atoms with E-state index in [0.29, 0.717) is 23.7 Å². The molecular formula is C25H25N5O3. The summed E-state index contributed by atoms with van der Waals surface area (Å²) in [6, 6.07) is 17.4. The van der Waals surface area contributed by atoms with Gasteiger partial charge in [-0.2, -0.15) is 4.98 Å². The fraction of sp³-hybridized carbons (Fsp3) is 0.240. The van der Waals surface area contributed by atoms with E-state index in [2.05, 4.69) is 11.5 Å². The molecule has 0 radical (unpaired) electrons. The number of aromatic nitrogens is 4. The normalized spacial score (nSPS) is 13.2. The van der Waals surface area contributed by atoms with Gasteiger partial charge in [-0.25, -0.2) is 4.79 Å². The van der Waals surface area contributed by atoms with E-state index in [9.17, 15) is 9.59 Å². The van der Waals surface area contributed by atoms with Crippen LogP contribution in [0.15, 0.2) is 76.3 Å². The Bertz CT molecular complexity index is 1460. The van der Waals surface area contributed by atoms with Crippen LogP contribution in [0.5, 0.6) is 11.5 Å². The summed E-state index contributed by atoms with van der Waals surface area (Å²) in [6.07, 6.45) is 0.851. The molecule has 3 heterocycles. The number of aryl methyl sites for hydroxylation is 2. The minimum Gasteiger partial charge on any atom is -0.457 e. The second-order valence-corrected chi connectivity index (χ2v) is 8.34. The van der Waals surface area contributed by atoms with Gasteiger partial charge in [-0.15, -0.1) is 0 Å². The lowest BCUT2D eigenvalue weighted by Crippen LogP contribution is -2.40. The fourth-order valence-corrected chi connectivity index (χ4v) is 4.24. The van der Waals surface area contributed by atoms with Gasteiger partial charge < -0.3 is 14.2 Å². The first-order valence-electron chi connectivity index (χ1n) is 10.9. The lowest BCUT2D eigenvalue weighted by Gasteiger charge is -2.29. The Kier molecular flexibility index (Phi) is 5.12. The van der Waals surface area contributed by atoms with Gasteiger partial charge in [0, 0.05) is 25.8 Å². The number of anilines is 2. The van der Waals surface area contributed by atoms with Crippen LogP contribution >= 0.6 is 0 Å². The largest absolute Gasteiger partial charge is 0.457 e. The lowest BCUT2D eigenvalue weighted by atomic mass is 10.2. The minimum absolute atomic E-state index is 0.189. The average Bonchev–Trinajstić information content (AvgIpc) is 3.22. The Morgan fingerprint density at radius 1 is 1.03 bits per heavy atom. The van der Waals surface area contributed by atoms with E-state index < -0.39 is 0 Å². The Morgan fingerprint density at radius 2 is 1.73 bits per heavy atom. The maximum Gasteiger partial charge on any atom is 0.332 e. The number of fused-ring (bicyclic) bond motifs is 3. The van der Waals surface area contributed by atoms with Crippen LogP contribution in [-0.2, 0) is 20.1 Å². The number of allylic oxidation sites excluding steroid dienone is 1. The van der Waals surface area contributed by atoms with Crippen LogP contribution in [0.2, 0.25) is 0 Å². The highest BCUT2D eigenvalue weighted by molar-refractivity contribution is 5.77. The molecule has 0 N–H and O–H groups in total. The van der Waals surface area contributed by atoms with Crippen LogP contribution in [0.4, 0.5) is 11.6 Å². The number of nitrogens with zero attached hydrogens (tertiary/aromatic N) is 5.